The van der Waals surface area contributed by atoms with E-state index in [1.165, 1.54) is 6.07 Å². The van der Waals surface area contributed by atoms with Gasteiger partial charge < -0.3 is 4.52 Å². The lowest BCUT2D eigenvalue weighted by Crippen LogP contribution is -2.33. The quantitative estimate of drug-likeness (QED) is 0.726. The maximum Gasteiger partial charge on any atom is 0.244 e. The molecule has 0 spiro atoms. The van der Waals surface area contributed by atoms with Gasteiger partial charge in [-0.15, -0.1) is 0 Å². The fraction of sp³-hybridized carbons (Fsp3) is 0.333. The van der Waals surface area contributed by atoms with Crippen molar-refractivity contribution in [2.45, 2.75) is 31.8 Å². The molecule has 0 radical (unpaired) electrons. The first-order chi connectivity index (χ1) is 12.3. The summed E-state index contributed by atoms with van der Waals surface area (Å²) in [5.41, 5.74) is 1.53. The van der Waals surface area contributed by atoms with Gasteiger partial charge in [0, 0.05) is 18.9 Å². The molecule has 3 heterocycles. The number of hydrogen-bond donors (Lipinski definition) is 0. The third-order valence-corrected chi connectivity index (χ3v) is 4.41. The lowest BCUT2D eigenvalue weighted by molar-refractivity contribution is 0.111. The number of benzene rings is 1. The van der Waals surface area contributed by atoms with Crippen molar-refractivity contribution in [3.63, 3.8) is 0 Å². The van der Waals surface area contributed by atoms with Gasteiger partial charge in [-0.05, 0) is 37.1 Å². The van der Waals surface area contributed by atoms with Crippen LogP contribution >= 0.6 is 0 Å². The highest BCUT2D eigenvalue weighted by Crippen LogP contribution is 2.32. The van der Waals surface area contributed by atoms with Gasteiger partial charge in [0.15, 0.2) is 0 Å². The molecule has 1 fully saturated rings. The smallest absolute Gasteiger partial charge is 0.244 e. The second-order valence-corrected chi connectivity index (χ2v) is 6.16. The molecular weight excluding hydrogens is 321 g/mol. The molecule has 4 rings (SSSR count). The monoisotopic (exact) mass is 339 g/mol. The van der Waals surface area contributed by atoms with Crippen LogP contribution in [0.1, 0.15) is 36.8 Å². The van der Waals surface area contributed by atoms with Crippen LogP contribution in [0.4, 0.5) is 4.39 Å². The normalized spacial score (nSPS) is 18.4. The third kappa shape index (κ3) is 3.56. The predicted molar refractivity (Wildman–Crippen MR) is 88.7 cm³/mol. The van der Waals surface area contributed by atoms with Gasteiger partial charge >= 0.3 is 0 Å². The molecular formula is C18H18FN5O. The minimum atomic E-state index is -0.214. The van der Waals surface area contributed by atoms with Gasteiger partial charge in [-0.2, -0.15) is 4.98 Å². The first-order valence-electron chi connectivity index (χ1n) is 8.38. The van der Waals surface area contributed by atoms with Crippen molar-refractivity contribution < 1.29 is 8.91 Å². The molecule has 7 heteroatoms. The fourth-order valence-corrected chi connectivity index (χ4v) is 3.22. The highest BCUT2D eigenvalue weighted by Gasteiger charge is 2.29. The molecule has 1 atom stereocenters. The van der Waals surface area contributed by atoms with E-state index < -0.39 is 0 Å². The SMILES string of the molecule is Fc1cccc(CN2CCCCC2c2nc(-c3cnccn3)no2)c1. The molecule has 2 aromatic heterocycles. The minimum absolute atomic E-state index is 0.0370. The van der Waals surface area contributed by atoms with Gasteiger partial charge in [0.2, 0.25) is 11.7 Å². The van der Waals surface area contributed by atoms with Crippen molar-refractivity contribution >= 4 is 0 Å². The van der Waals surface area contributed by atoms with E-state index in [4.69, 9.17) is 4.52 Å². The third-order valence-electron chi connectivity index (χ3n) is 4.41. The van der Waals surface area contributed by atoms with E-state index in [1.807, 2.05) is 6.07 Å². The molecule has 25 heavy (non-hydrogen) atoms. The van der Waals surface area contributed by atoms with Crippen molar-refractivity contribution in [1.82, 2.24) is 25.0 Å². The molecule has 1 saturated heterocycles. The summed E-state index contributed by atoms with van der Waals surface area (Å²) in [6.45, 7) is 1.58. The van der Waals surface area contributed by atoms with Crippen LogP contribution in [0.25, 0.3) is 11.5 Å². The first kappa shape index (κ1) is 15.8. The number of piperidine rings is 1. The van der Waals surface area contributed by atoms with Gasteiger partial charge in [-0.1, -0.05) is 23.7 Å². The molecule has 0 bridgehead atoms. The molecule has 3 aromatic rings. The standard InChI is InChI=1S/C18H18FN5O/c19-14-5-3-4-13(10-14)12-24-9-2-1-6-16(24)18-22-17(23-25-18)15-11-20-7-8-21-15/h3-5,7-8,10-11,16H,1-2,6,9,12H2. The van der Waals surface area contributed by atoms with Crippen LogP contribution in [-0.4, -0.2) is 31.6 Å². The Balaban J connectivity index is 1.56. The number of likely N-dealkylation sites (tertiary alicyclic amines) is 1. The Morgan fingerprint density at radius 2 is 2.20 bits per heavy atom. The van der Waals surface area contributed by atoms with Crippen LogP contribution in [0.3, 0.4) is 0 Å². The highest BCUT2D eigenvalue weighted by atomic mass is 19.1. The molecule has 6 nitrogen and oxygen atoms in total. The molecule has 0 N–H and O–H groups in total. The van der Waals surface area contributed by atoms with Gasteiger partial charge in [-0.25, -0.2) is 9.37 Å². The maximum atomic E-state index is 13.5. The largest absolute Gasteiger partial charge is 0.337 e. The number of halogens is 1. The summed E-state index contributed by atoms with van der Waals surface area (Å²) in [5, 5.41) is 4.04. The lowest BCUT2D eigenvalue weighted by atomic mass is 10.0. The molecule has 1 aromatic carbocycles. The first-order valence-corrected chi connectivity index (χ1v) is 8.38. The number of nitrogens with zero attached hydrogens (tertiary/aromatic N) is 5. The summed E-state index contributed by atoms with van der Waals surface area (Å²) < 4.78 is 19.0. The van der Waals surface area contributed by atoms with E-state index >= 15 is 0 Å². The van der Waals surface area contributed by atoms with Crippen LogP contribution in [0, 0.1) is 5.82 Å². The van der Waals surface area contributed by atoms with Crippen molar-refractivity contribution in [2.75, 3.05) is 6.54 Å². The zero-order valence-electron chi connectivity index (χ0n) is 13.7. The fourth-order valence-electron chi connectivity index (χ4n) is 3.22. The van der Waals surface area contributed by atoms with Gasteiger partial charge in [0.1, 0.15) is 11.5 Å². The molecule has 0 aliphatic carbocycles. The van der Waals surface area contributed by atoms with E-state index in [9.17, 15) is 4.39 Å². The minimum Gasteiger partial charge on any atom is -0.337 e. The van der Waals surface area contributed by atoms with Crippen molar-refractivity contribution in [2.24, 2.45) is 0 Å². The zero-order chi connectivity index (χ0) is 17.1. The Morgan fingerprint density at radius 3 is 3.04 bits per heavy atom. The summed E-state index contributed by atoms with van der Waals surface area (Å²) >= 11 is 0. The molecule has 1 aliphatic rings. The van der Waals surface area contributed by atoms with Gasteiger partial charge in [0.25, 0.3) is 0 Å². The summed E-state index contributed by atoms with van der Waals surface area (Å²) in [6.07, 6.45) is 7.97. The van der Waals surface area contributed by atoms with E-state index in [1.54, 1.807) is 30.7 Å². The Morgan fingerprint density at radius 1 is 1.24 bits per heavy atom. The molecule has 0 amide bonds. The van der Waals surface area contributed by atoms with Crippen molar-refractivity contribution in [3.05, 3.63) is 60.1 Å². The van der Waals surface area contributed by atoms with Crippen molar-refractivity contribution in [3.8, 4) is 11.5 Å². The summed E-state index contributed by atoms with van der Waals surface area (Å²) in [6, 6.07) is 6.75. The summed E-state index contributed by atoms with van der Waals surface area (Å²) in [7, 11) is 0. The summed E-state index contributed by atoms with van der Waals surface area (Å²) in [5.74, 6) is 0.810. The van der Waals surface area contributed by atoms with E-state index in [2.05, 4.69) is 25.0 Å². The molecule has 1 aliphatic heterocycles. The van der Waals surface area contributed by atoms with Crippen molar-refractivity contribution in [1.29, 1.82) is 0 Å². The summed E-state index contributed by atoms with van der Waals surface area (Å²) in [4.78, 5) is 15.0. The average molecular weight is 339 g/mol. The molecule has 1 unspecified atom stereocenters. The zero-order valence-corrected chi connectivity index (χ0v) is 13.7. The van der Waals surface area contributed by atoms with Crippen LogP contribution in [0.2, 0.25) is 0 Å². The maximum absolute atomic E-state index is 13.5. The number of aromatic nitrogens is 4. The van der Waals surface area contributed by atoms with E-state index in [0.717, 1.165) is 31.4 Å². The molecule has 128 valence electrons. The Bertz CT molecular complexity index is 838. The molecule has 0 saturated carbocycles. The number of hydrogen-bond acceptors (Lipinski definition) is 6. The van der Waals surface area contributed by atoms with Gasteiger partial charge in [-0.3, -0.25) is 9.88 Å². The highest BCUT2D eigenvalue weighted by molar-refractivity contribution is 5.45. The Hall–Kier alpha value is -2.67. The average Bonchev–Trinajstić information content (AvgIpc) is 3.13. The van der Waals surface area contributed by atoms with Crippen LogP contribution in [-0.2, 0) is 6.54 Å². The van der Waals surface area contributed by atoms with Gasteiger partial charge in [0.05, 0.1) is 12.2 Å². The number of rotatable bonds is 4. The predicted octanol–water partition coefficient (Wildman–Crippen LogP) is 3.39. The Kier molecular flexibility index (Phi) is 4.47. The van der Waals surface area contributed by atoms with E-state index in [0.29, 0.717) is 24.0 Å². The van der Waals surface area contributed by atoms with Crippen LogP contribution < -0.4 is 0 Å². The van der Waals surface area contributed by atoms with Crippen LogP contribution in [0.5, 0.6) is 0 Å². The second kappa shape index (κ2) is 7.06. The topological polar surface area (TPSA) is 67.9 Å². The van der Waals surface area contributed by atoms with Crippen LogP contribution in [0.15, 0.2) is 47.4 Å². The Labute approximate surface area is 144 Å². The second-order valence-electron chi connectivity index (χ2n) is 6.16. The lowest BCUT2D eigenvalue weighted by Gasteiger charge is -2.33. The van der Waals surface area contributed by atoms with E-state index in [-0.39, 0.29) is 11.9 Å².